The first-order valence-corrected chi connectivity index (χ1v) is 10.2. The molecule has 1 aromatic heterocycles. The standard InChI is InChI=1S/C21H24BrFN2O2/c1-3-5-9-18(27-4-2)19-14-7-6-8-17(26)20(14)25-21(19)24-16-11-10-13(22)12-15(16)23/h9-12,24-25H,3-8H2,1-2H3/b18-9-. The molecule has 3 rings (SSSR count). The maximum Gasteiger partial charge on any atom is 0.179 e. The molecular formula is C21H24BrFN2O2. The van der Waals surface area contributed by atoms with Crippen LogP contribution in [0, 0.1) is 5.82 Å². The van der Waals surface area contributed by atoms with Crippen LogP contribution in [0.1, 0.15) is 61.1 Å². The van der Waals surface area contributed by atoms with Crippen LogP contribution in [0.25, 0.3) is 5.76 Å². The van der Waals surface area contributed by atoms with Gasteiger partial charge in [0.15, 0.2) is 5.78 Å². The number of Topliss-reactive ketones (excluding diaryl/α,β-unsaturated/α-hetero) is 1. The highest BCUT2D eigenvalue weighted by atomic mass is 79.9. The molecule has 0 saturated carbocycles. The Balaban J connectivity index is 2.10. The molecule has 2 N–H and O–H groups in total. The number of unbranched alkanes of at least 4 members (excludes halogenated alkanes) is 1. The highest BCUT2D eigenvalue weighted by molar-refractivity contribution is 9.10. The Morgan fingerprint density at radius 1 is 1.37 bits per heavy atom. The molecule has 0 atom stereocenters. The van der Waals surface area contributed by atoms with Crippen LogP contribution in [0.3, 0.4) is 0 Å². The number of hydrogen-bond acceptors (Lipinski definition) is 3. The fraction of sp³-hybridized carbons (Fsp3) is 0.381. The van der Waals surface area contributed by atoms with Crippen LogP contribution in [0.2, 0.25) is 0 Å². The monoisotopic (exact) mass is 434 g/mol. The molecule has 1 aliphatic carbocycles. The first-order valence-electron chi connectivity index (χ1n) is 9.38. The van der Waals surface area contributed by atoms with Crippen LogP contribution in [0.4, 0.5) is 15.9 Å². The largest absolute Gasteiger partial charge is 0.493 e. The van der Waals surface area contributed by atoms with E-state index < -0.39 is 0 Å². The van der Waals surface area contributed by atoms with Gasteiger partial charge in [-0.05, 0) is 56.0 Å². The first kappa shape index (κ1) is 19.7. The van der Waals surface area contributed by atoms with Gasteiger partial charge in [-0.15, -0.1) is 0 Å². The molecule has 144 valence electrons. The topological polar surface area (TPSA) is 54.1 Å². The van der Waals surface area contributed by atoms with Gasteiger partial charge in [-0.3, -0.25) is 4.79 Å². The number of fused-ring (bicyclic) bond motifs is 1. The minimum atomic E-state index is -0.371. The van der Waals surface area contributed by atoms with Crippen molar-refractivity contribution in [2.45, 2.75) is 46.0 Å². The van der Waals surface area contributed by atoms with Gasteiger partial charge < -0.3 is 15.0 Å². The summed E-state index contributed by atoms with van der Waals surface area (Å²) in [5, 5.41) is 3.14. The van der Waals surface area contributed by atoms with E-state index in [4.69, 9.17) is 4.74 Å². The van der Waals surface area contributed by atoms with Crippen LogP contribution in [0.15, 0.2) is 28.7 Å². The lowest BCUT2D eigenvalue weighted by molar-refractivity contribution is 0.0968. The summed E-state index contributed by atoms with van der Waals surface area (Å²) < 4.78 is 20.9. The number of anilines is 2. The van der Waals surface area contributed by atoms with Crippen molar-refractivity contribution in [3.8, 4) is 0 Å². The molecule has 27 heavy (non-hydrogen) atoms. The molecule has 0 spiro atoms. The van der Waals surface area contributed by atoms with Gasteiger partial charge in [-0.2, -0.15) is 0 Å². The van der Waals surface area contributed by atoms with Crippen LogP contribution < -0.4 is 5.32 Å². The van der Waals surface area contributed by atoms with Crippen molar-refractivity contribution in [3.63, 3.8) is 0 Å². The van der Waals surface area contributed by atoms with Crippen molar-refractivity contribution < 1.29 is 13.9 Å². The molecule has 0 aliphatic heterocycles. The van der Waals surface area contributed by atoms with Crippen molar-refractivity contribution in [1.29, 1.82) is 0 Å². The van der Waals surface area contributed by atoms with Gasteiger partial charge in [0.25, 0.3) is 0 Å². The third-order valence-corrected chi connectivity index (χ3v) is 5.06. The number of ketones is 1. The van der Waals surface area contributed by atoms with E-state index in [1.165, 1.54) is 6.07 Å². The molecule has 0 amide bonds. The number of halogens is 2. The average Bonchev–Trinajstić information content (AvgIpc) is 3.00. The SMILES string of the molecule is CCC/C=C(\OCC)c1c(Nc2ccc(Br)cc2F)[nH]c2c1CCCC2=O. The number of carbonyl (C=O) groups is 1. The van der Waals surface area contributed by atoms with E-state index in [9.17, 15) is 9.18 Å². The van der Waals surface area contributed by atoms with Crippen molar-refractivity contribution >= 4 is 39.0 Å². The molecule has 4 nitrogen and oxygen atoms in total. The number of allylic oxidation sites excluding steroid dienone is 1. The number of aromatic amines is 1. The van der Waals surface area contributed by atoms with E-state index >= 15 is 0 Å². The van der Waals surface area contributed by atoms with Gasteiger partial charge in [0.2, 0.25) is 0 Å². The summed E-state index contributed by atoms with van der Waals surface area (Å²) in [5.41, 5.74) is 2.76. The van der Waals surface area contributed by atoms with E-state index in [1.54, 1.807) is 12.1 Å². The summed E-state index contributed by atoms with van der Waals surface area (Å²) in [6.07, 6.45) is 6.06. The number of carbonyl (C=O) groups excluding carboxylic acids is 1. The molecule has 0 radical (unpaired) electrons. The average molecular weight is 435 g/mol. The summed E-state index contributed by atoms with van der Waals surface area (Å²) in [6.45, 7) is 4.56. The molecule has 1 aromatic carbocycles. The number of ether oxygens (including phenoxy) is 1. The molecule has 0 saturated heterocycles. The van der Waals surface area contributed by atoms with E-state index in [1.807, 2.05) is 6.92 Å². The third-order valence-electron chi connectivity index (χ3n) is 4.57. The van der Waals surface area contributed by atoms with E-state index in [-0.39, 0.29) is 11.6 Å². The molecule has 1 aliphatic rings. The lowest BCUT2D eigenvalue weighted by Crippen LogP contribution is -2.10. The van der Waals surface area contributed by atoms with Gasteiger partial charge in [-0.25, -0.2) is 4.39 Å². The molecule has 2 aromatic rings. The molecule has 6 heteroatoms. The predicted molar refractivity (Wildman–Crippen MR) is 110 cm³/mol. The quantitative estimate of drug-likeness (QED) is 0.498. The van der Waals surface area contributed by atoms with Crippen LogP contribution in [-0.4, -0.2) is 17.4 Å². The lowest BCUT2D eigenvalue weighted by Gasteiger charge is -2.16. The molecule has 0 bridgehead atoms. The normalized spacial score (nSPS) is 14.2. The van der Waals surface area contributed by atoms with Gasteiger partial charge in [-0.1, -0.05) is 29.3 Å². The Kier molecular flexibility index (Phi) is 6.37. The highest BCUT2D eigenvalue weighted by Crippen LogP contribution is 2.37. The van der Waals surface area contributed by atoms with Gasteiger partial charge in [0.1, 0.15) is 17.4 Å². The predicted octanol–water partition coefficient (Wildman–Crippen LogP) is 6.36. The smallest absolute Gasteiger partial charge is 0.179 e. The van der Waals surface area contributed by atoms with Crippen LogP contribution in [0.5, 0.6) is 0 Å². The number of rotatable bonds is 7. The van der Waals surface area contributed by atoms with Gasteiger partial charge in [0, 0.05) is 10.9 Å². The summed E-state index contributed by atoms with van der Waals surface area (Å²) in [5.74, 6) is 1.07. The number of hydrogen-bond donors (Lipinski definition) is 2. The number of benzene rings is 1. The number of H-pyrrole nitrogens is 1. The summed E-state index contributed by atoms with van der Waals surface area (Å²) >= 11 is 3.27. The molecule has 0 unspecified atom stereocenters. The summed E-state index contributed by atoms with van der Waals surface area (Å²) in [4.78, 5) is 15.6. The minimum Gasteiger partial charge on any atom is -0.493 e. The lowest BCUT2D eigenvalue weighted by atomic mass is 9.93. The van der Waals surface area contributed by atoms with Gasteiger partial charge >= 0.3 is 0 Å². The summed E-state index contributed by atoms with van der Waals surface area (Å²) in [6, 6.07) is 4.85. The second-order valence-electron chi connectivity index (χ2n) is 6.54. The first-order chi connectivity index (χ1) is 13.0. The van der Waals surface area contributed by atoms with Crippen molar-refractivity contribution in [3.05, 3.63) is 51.4 Å². The minimum absolute atomic E-state index is 0.0909. The van der Waals surface area contributed by atoms with Crippen molar-refractivity contribution in [2.75, 3.05) is 11.9 Å². The molecule has 0 fully saturated rings. The van der Waals surface area contributed by atoms with E-state index in [0.29, 0.717) is 34.7 Å². The fourth-order valence-corrected chi connectivity index (χ4v) is 3.67. The molecule has 1 heterocycles. The van der Waals surface area contributed by atoms with Crippen LogP contribution >= 0.6 is 15.9 Å². The number of nitrogens with one attached hydrogen (secondary N) is 2. The second-order valence-corrected chi connectivity index (χ2v) is 7.46. The molecular weight excluding hydrogens is 411 g/mol. The zero-order valence-corrected chi connectivity index (χ0v) is 17.2. The van der Waals surface area contributed by atoms with E-state index in [0.717, 1.165) is 42.6 Å². The highest BCUT2D eigenvalue weighted by Gasteiger charge is 2.28. The van der Waals surface area contributed by atoms with E-state index in [2.05, 4.69) is 39.2 Å². The van der Waals surface area contributed by atoms with Crippen molar-refractivity contribution in [2.24, 2.45) is 0 Å². The Morgan fingerprint density at radius 3 is 2.89 bits per heavy atom. The Hall–Kier alpha value is -2.08. The third kappa shape index (κ3) is 4.26. The zero-order valence-electron chi connectivity index (χ0n) is 15.6. The van der Waals surface area contributed by atoms with Crippen LogP contribution in [-0.2, 0) is 11.2 Å². The summed E-state index contributed by atoms with van der Waals surface area (Å²) in [7, 11) is 0. The fourth-order valence-electron chi connectivity index (χ4n) is 3.33. The second kappa shape index (κ2) is 8.74. The zero-order chi connectivity index (χ0) is 19.4. The Morgan fingerprint density at radius 2 is 2.19 bits per heavy atom. The maximum absolute atomic E-state index is 14.4. The Labute approximate surface area is 167 Å². The van der Waals surface area contributed by atoms with Crippen molar-refractivity contribution in [1.82, 2.24) is 4.98 Å². The maximum atomic E-state index is 14.4. The number of aromatic nitrogens is 1. The van der Waals surface area contributed by atoms with Gasteiger partial charge in [0.05, 0.1) is 23.6 Å². The Bertz CT molecular complexity index is 873.